The Balaban J connectivity index is 2.60. The van der Waals surface area contributed by atoms with Gasteiger partial charge in [0.1, 0.15) is 6.07 Å². The van der Waals surface area contributed by atoms with Crippen LogP contribution in [0.4, 0.5) is 13.2 Å². The van der Waals surface area contributed by atoms with E-state index in [0.29, 0.717) is 0 Å². The number of benzene rings is 1. The molecule has 3 nitrogen and oxygen atoms in total. The molecule has 0 aliphatic carbocycles. The Morgan fingerprint density at radius 3 is 2.50 bits per heavy atom. The van der Waals surface area contributed by atoms with E-state index in [-0.39, 0.29) is 5.56 Å². The highest BCUT2D eigenvalue weighted by Gasteiger charge is 2.46. The lowest BCUT2D eigenvalue weighted by Gasteiger charge is -2.04. The summed E-state index contributed by atoms with van der Waals surface area (Å²) in [5, 5.41) is 8.51. The topological polar surface area (TPSA) is 42.2 Å². The average molecular weight is 201 g/mol. The first kappa shape index (κ1) is 8.69. The first-order chi connectivity index (χ1) is 6.53. The van der Waals surface area contributed by atoms with Gasteiger partial charge in [0.2, 0.25) is 5.75 Å². The van der Waals surface area contributed by atoms with Crippen LogP contribution in [-0.4, -0.2) is 6.29 Å². The van der Waals surface area contributed by atoms with E-state index in [1.807, 2.05) is 0 Å². The van der Waals surface area contributed by atoms with Crippen LogP contribution in [0.15, 0.2) is 12.1 Å². The highest BCUT2D eigenvalue weighted by molar-refractivity contribution is 5.54. The van der Waals surface area contributed by atoms with E-state index in [1.54, 1.807) is 6.07 Å². The van der Waals surface area contributed by atoms with Crippen LogP contribution in [0.5, 0.6) is 11.5 Å². The molecule has 0 spiro atoms. The van der Waals surface area contributed by atoms with E-state index in [4.69, 9.17) is 5.26 Å². The number of halogens is 3. The number of fused-ring (bicyclic) bond motifs is 1. The van der Waals surface area contributed by atoms with Gasteiger partial charge in [0.05, 0.1) is 5.56 Å². The van der Waals surface area contributed by atoms with Crippen molar-refractivity contribution in [3.05, 3.63) is 23.5 Å². The highest BCUT2D eigenvalue weighted by atomic mass is 19.3. The number of ether oxygens (including phenoxy) is 2. The van der Waals surface area contributed by atoms with Gasteiger partial charge in [-0.1, -0.05) is 0 Å². The fourth-order valence-electron chi connectivity index (χ4n) is 1.08. The summed E-state index contributed by atoms with van der Waals surface area (Å²) in [5.41, 5.74) is -0.196. The third-order valence-corrected chi connectivity index (χ3v) is 1.63. The zero-order valence-corrected chi connectivity index (χ0v) is 6.55. The SMILES string of the molecule is N#Cc1ccc(F)c2c1OC(F)(F)O2. The maximum Gasteiger partial charge on any atom is 0.586 e. The molecule has 1 aromatic rings. The van der Waals surface area contributed by atoms with Crippen LogP contribution in [0.2, 0.25) is 0 Å². The molecule has 1 aliphatic rings. The zero-order valence-electron chi connectivity index (χ0n) is 6.55. The summed E-state index contributed by atoms with van der Waals surface area (Å²) in [6.07, 6.45) is -3.91. The largest absolute Gasteiger partial charge is 0.586 e. The van der Waals surface area contributed by atoms with Gasteiger partial charge < -0.3 is 9.47 Å². The summed E-state index contributed by atoms with van der Waals surface area (Å²) in [5.74, 6) is -2.28. The van der Waals surface area contributed by atoms with Gasteiger partial charge in [-0.3, -0.25) is 0 Å². The van der Waals surface area contributed by atoms with Crippen molar-refractivity contribution < 1.29 is 22.6 Å². The number of rotatable bonds is 0. The lowest BCUT2D eigenvalue weighted by atomic mass is 10.2. The number of hydrogen-bond acceptors (Lipinski definition) is 3. The van der Waals surface area contributed by atoms with Crippen LogP contribution in [0, 0.1) is 17.1 Å². The summed E-state index contributed by atoms with van der Waals surface area (Å²) in [6.45, 7) is 0. The second-order valence-electron chi connectivity index (χ2n) is 2.53. The molecule has 0 saturated carbocycles. The Bertz CT molecular complexity index is 439. The predicted octanol–water partition coefficient (Wildman–Crippen LogP) is 2.02. The van der Waals surface area contributed by atoms with Gasteiger partial charge in [0.25, 0.3) is 0 Å². The quantitative estimate of drug-likeness (QED) is 0.644. The molecule has 14 heavy (non-hydrogen) atoms. The van der Waals surface area contributed by atoms with Crippen molar-refractivity contribution >= 4 is 0 Å². The molecule has 1 aliphatic heterocycles. The molecule has 0 N–H and O–H groups in total. The molecule has 0 amide bonds. The van der Waals surface area contributed by atoms with Crippen molar-refractivity contribution in [2.24, 2.45) is 0 Å². The summed E-state index contributed by atoms with van der Waals surface area (Å²) < 4.78 is 45.8. The lowest BCUT2D eigenvalue weighted by Crippen LogP contribution is -2.26. The normalized spacial score (nSPS) is 16.4. The van der Waals surface area contributed by atoms with Crippen LogP contribution in [0.25, 0.3) is 0 Å². The van der Waals surface area contributed by atoms with E-state index < -0.39 is 23.6 Å². The Morgan fingerprint density at radius 1 is 1.21 bits per heavy atom. The zero-order chi connectivity index (χ0) is 10.3. The molecule has 0 radical (unpaired) electrons. The Morgan fingerprint density at radius 2 is 1.86 bits per heavy atom. The molecule has 0 saturated heterocycles. The van der Waals surface area contributed by atoms with Gasteiger partial charge in [-0.15, -0.1) is 8.78 Å². The van der Waals surface area contributed by atoms with Gasteiger partial charge in [-0.05, 0) is 12.1 Å². The smallest absolute Gasteiger partial charge is 0.394 e. The highest BCUT2D eigenvalue weighted by Crippen LogP contribution is 2.44. The van der Waals surface area contributed by atoms with Gasteiger partial charge in [0, 0.05) is 0 Å². The molecule has 1 heterocycles. The summed E-state index contributed by atoms with van der Waals surface area (Å²) in [6, 6.07) is 3.49. The van der Waals surface area contributed by atoms with Crippen molar-refractivity contribution in [3.8, 4) is 17.6 Å². The molecule has 72 valence electrons. The first-order valence-electron chi connectivity index (χ1n) is 3.52. The summed E-state index contributed by atoms with van der Waals surface area (Å²) >= 11 is 0. The van der Waals surface area contributed by atoms with E-state index in [1.165, 1.54) is 0 Å². The minimum absolute atomic E-state index is 0.196. The molecule has 0 unspecified atom stereocenters. The van der Waals surface area contributed by atoms with Crippen LogP contribution < -0.4 is 9.47 Å². The second-order valence-corrected chi connectivity index (χ2v) is 2.53. The monoisotopic (exact) mass is 201 g/mol. The van der Waals surface area contributed by atoms with Crippen LogP contribution in [-0.2, 0) is 0 Å². The molecule has 0 fully saturated rings. The van der Waals surface area contributed by atoms with Crippen molar-refractivity contribution in [3.63, 3.8) is 0 Å². The van der Waals surface area contributed by atoms with E-state index >= 15 is 0 Å². The fourth-order valence-corrected chi connectivity index (χ4v) is 1.08. The van der Waals surface area contributed by atoms with Gasteiger partial charge in [-0.2, -0.15) is 5.26 Å². The summed E-state index contributed by atoms with van der Waals surface area (Å²) in [4.78, 5) is 0. The van der Waals surface area contributed by atoms with E-state index in [2.05, 4.69) is 9.47 Å². The Labute approximate surface area is 76.3 Å². The van der Waals surface area contributed by atoms with Crippen LogP contribution >= 0.6 is 0 Å². The maximum atomic E-state index is 12.9. The van der Waals surface area contributed by atoms with Crippen molar-refractivity contribution in [1.29, 1.82) is 5.26 Å². The van der Waals surface area contributed by atoms with Crippen LogP contribution in [0.1, 0.15) is 5.56 Å². The molecule has 0 atom stereocenters. The molecule has 0 aromatic heterocycles. The van der Waals surface area contributed by atoms with E-state index in [0.717, 1.165) is 12.1 Å². The average Bonchev–Trinajstić information content (AvgIpc) is 2.42. The van der Waals surface area contributed by atoms with E-state index in [9.17, 15) is 13.2 Å². The second kappa shape index (κ2) is 2.54. The number of alkyl halides is 2. The molecular weight excluding hydrogens is 199 g/mol. The molecule has 1 aromatic carbocycles. The maximum absolute atomic E-state index is 12.9. The van der Waals surface area contributed by atoms with Gasteiger partial charge in [-0.25, -0.2) is 4.39 Å². The third-order valence-electron chi connectivity index (χ3n) is 1.63. The predicted molar refractivity (Wildman–Crippen MR) is 37.3 cm³/mol. The molecular formula is C8H2F3NO2. The van der Waals surface area contributed by atoms with Crippen LogP contribution in [0.3, 0.4) is 0 Å². The minimum Gasteiger partial charge on any atom is -0.394 e. The standard InChI is InChI=1S/C8H2F3NO2/c9-5-2-1-4(3-12)6-7(5)14-8(10,11)13-6/h1-2H. The number of hydrogen-bond donors (Lipinski definition) is 0. The number of nitriles is 1. The molecule has 2 rings (SSSR count). The third kappa shape index (κ3) is 1.14. The Kier molecular flexibility index (Phi) is 1.58. The molecule has 6 heteroatoms. The van der Waals surface area contributed by atoms with Crippen molar-refractivity contribution in [2.75, 3.05) is 0 Å². The number of nitrogens with zero attached hydrogens (tertiary/aromatic N) is 1. The Hall–Kier alpha value is -1.90. The molecule has 0 bridgehead atoms. The van der Waals surface area contributed by atoms with Crippen molar-refractivity contribution in [2.45, 2.75) is 6.29 Å². The fraction of sp³-hybridized carbons (Fsp3) is 0.125. The first-order valence-corrected chi connectivity index (χ1v) is 3.52. The van der Waals surface area contributed by atoms with Crippen molar-refractivity contribution in [1.82, 2.24) is 0 Å². The minimum atomic E-state index is -3.91. The van der Waals surface area contributed by atoms with Gasteiger partial charge in [0.15, 0.2) is 11.6 Å². The van der Waals surface area contributed by atoms with Gasteiger partial charge >= 0.3 is 6.29 Å². The lowest BCUT2D eigenvalue weighted by molar-refractivity contribution is -0.287. The summed E-state index contributed by atoms with van der Waals surface area (Å²) in [7, 11) is 0.